The largest absolute Gasteiger partial charge is 0.417 e. The lowest BCUT2D eigenvalue weighted by molar-refractivity contribution is 0.0668. The first-order valence-corrected chi connectivity index (χ1v) is 9.23. The summed E-state index contributed by atoms with van der Waals surface area (Å²) >= 11 is 0. The second-order valence-electron chi connectivity index (χ2n) is 6.88. The molecule has 0 aliphatic rings. The zero-order chi connectivity index (χ0) is 13.0. The lowest BCUT2D eigenvalue weighted by Crippen LogP contribution is -2.41. The highest BCUT2D eigenvalue weighted by Crippen LogP contribution is 2.36. The highest BCUT2D eigenvalue weighted by molar-refractivity contribution is 6.74. The molecule has 98 valence electrons. The molecule has 0 aliphatic carbocycles. The van der Waals surface area contributed by atoms with Crippen LogP contribution < -0.4 is 0 Å². The van der Waals surface area contributed by atoms with Crippen LogP contribution in [0.15, 0.2) is 0 Å². The third kappa shape index (κ3) is 6.66. The Morgan fingerprint density at radius 3 is 1.88 bits per heavy atom. The summed E-state index contributed by atoms with van der Waals surface area (Å²) < 4.78 is 6.07. The zero-order valence-electron chi connectivity index (χ0n) is 12.2. The van der Waals surface area contributed by atoms with E-state index in [2.05, 4.69) is 33.9 Å². The van der Waals surface area contributed by atoms with Crippen LogP contribution in [0.5, 0.6) is 0 Å². The molecule has 1 N–H and O–H groups in total. The molecule has 0 heterocycles. The second kappa shape index (κ2) is 5.65. The summed E-state index contributed by atoms with van der Waals surface area (Å²) in [4.78, 5) is 0. The number of aliphatic hydroxyl groups is 1. The predicted octanol–water partition coefficient (Wildman–Crippen LogP) is 3.95. The van der Waals surface area contributed by atoms with Gasteiger partial charge in [-0.3, -0.25) is 0 Å². The van der Waals surface area contributed by atoms with Gasteiger partial charge in [-0.25, -0.2) is 0 Å². The predicted molar refractivity (Wildman–Crippen MR) is 73.3 cm³/mol. The van der Waals surface area contributed by atoms with Crippen molar-refractivity contribution in [2.24, 2.45) is 0 Å². The Kier molecular flexibility index (Phi) is 5.70. The summed E-state index contributed by atoms with van der Waals surface area (Å²) in [7, 11) is -1.56. The Hall–Kier alpha value is 0.137. The van der Waals surface area contributed by atoms with Gasteiger partial charge >= 0.3 is 0 Å². The average Bonchev–Trinajstić information content (AvgIpc) is 1.98. The molecule has 0 amide bonds. The first-order chi connectivity index (χ1) is 6.96. The van der Waals surface area contributed by atoms with Crippen molar-refractivity contribution in [1.82, 2.24) is 0 Å². The topological polar surface area (TPSA) is 29.5 Å². The van der Waals surface area contributed by atoms with E-state index in [-0.39, 0.29) is 0 Å². The van der Waals surface area contributed by atoms with Gasteiger partial charge in [0.1, 0.15) is 0 Å². The fourth-order valence-electron chi connectivity index (χ4n) is 1.20. The molecule has 0 aliphatic heterocycles. The molecule has 0 rings (SSSR count). The smallest absolute Gasteiger partial charge is 0.191 e. The van der Waals surface area contributed by atoms with E-state index in [1.807, 2.05) is 13.8 Å². The molecule has 16 heavy (non-hydrogen) atoms. The van der Waals surface area contributed by atoms with Crippen LogP contribution in [0.4, 0.5) is 0 Å². The van der Waals surface area contributed by atoms with Crippen molar-refractivity contribution in [2.45, 2.75) is 77.6 Å². The van der Waals surface area contributed by atoms with Crippen LogP contribution in [-0.2, 0) is 4.43 Å². The summed E-state index contributed by atoms with van der Waals surface area (Å²) in [5.41, 5.74) is -0.531. The normalized spacial score (nSPS) is 14.2. The Morgan fingerprint density at radius 1 is 1.00 bits per heavy atom. The van der Waals surface area contributed by atoms with E-state index in [0.29, 0.717) is 5.04 Å². The molecule has 0 aromatic carbocycles. The third-order valence-corrected chi connectivity index (χ3v) is 7.99. The molecular weight excluding hydrogens is 216 g/mol. The van der Waals surface area contributed by atoms with E-state index in [1.54, 1.807) is 0 Å². The van der Waals surface area contributed by atoms with E-state index in [0.717, 1.165) is 25.9 Å². The van der Waals surface area contributed by atoms with E-state index < -0.39 is 13.9 Å². The molecule has 2 nitrogen and oxygen atoms in total. The van der Waals surface area contributed by atoms with Crippen LogP contribution in [-0.4, -0.2) is 25.6 Å². The van der Waals surface area contributed by atoms with Crippen molar-refractivity contribution in [3.05, 3.63) is 0 Å². The summed E-state index contributed by atoms with van der Waals surface area (Å²) in [5, 5.41) is 9.87. The van der Waals surface area contributed by atoms with Gasteiger partial charge in [0.2, 0.25) is 0 Å². The van der Waals surface area contributed by atoms with Crippen molar-refractivity contribution in [1.29, 1.82) is 0 Å². The Balaban J connectivity index is 3.75. The van der Waals surface area contributed by atoms with Crippen molar-refractivity contribution >= 4 is 8.32 Å². The van der Waals surface area contributed by atoms with Gasteiger partial charge in [0.15, 0.2) is 8.32 Å². The number of unbranched alkanes of at least 4 members (excludes halogenated alkanes) is 1. The van der Waals surface area contributed by atoms with Gasteiger partial charge in [0.25, 0.3) is 0 Å². The number of hydrogen-bond acceptors (Lipinski definition) is 2. The van der Waals surface area contributed by atoms with Crippen LogP contribution in [0, 0.1) is 0 Å². The van der Waals surface area contributed by atoms with Gasteiger partial charge in [-0.15, -0.1) is 0 Å². The minimum absolute atomic E-state index is 0.295. The summed E-state index contributed by atoms with van der Waals surface area (Å²) in [5.74, 6) is 0. The molecule has 0 aromatic heterocycles. The van der Waals surface area contributed by atoms with Gasteiger partial charge in [-0.2, -0.15) is 0 Å². The van der Waals surface area contributed by atoms with Crippen LogP contribution >= 0.6 is 0 Å². The summed E-state index contributed by atoms with van der Waals surface area (Å²) in [6.45, 7) is 15.9. The van der Waals surface area contributed by atoms with Crippen molar-refractivity contribution < 1.29 is 9.53 Å². The van der Waals surface area contributed by atoms with Gasteiger partial charge in [-0.1, -0.05) is 20.8 Å². The van der Waals surface area contributed by atoms with Crippen LogP contribution in [0.3, 0.4) is 0 Å². The average molecular weight is 246 g/mol. The molecule has 3 heteroatoms. The van der Waals surface area contributed by atoms with Gasteiger partial charge < -0.3 is 9.53 Å². The number of hydrogen-bond donors (Lipinski definition) is 1. The van der Waals surface area contributed by atoms with Crippen molar-refractivity contribution in [2.75, 3.05) is 6.61 Å². The van der Waals surface area contributed by atoms with Gasteiger partial charge in [0, 0.05) is 6.61 Å². The molecule has 0 fully saturated rings. The molecule has 0 spiro atoms. The maximum atomic E-state index is 9.57. The zero-order valence-corrected chi connectivity index (χ0v) is 13.2. The second-order valence-corrected chi connectivity index (χ2v) is 11.7. The van der Waals surface area contributed by atoms with Crippen molar-refractivity contribution in [3.8, 4) is 0 Å². The molecule has 0 saturated carbocycles. The molecule has 0 aromatic rings. The van der Waals surface area contributed by atoms with E-state index in [9.17, 15) is 5.11 Å². The maximum Gasteiger partial charge on any atom is 0.191 e. The lowest BCUT2D eigenvalue weighted by atomic mass is 10.0. The SMILES string of the molecule is CC(C)(O)CCCCO[Si](C)(C)C(C)(C)C. The van der Waals surface area contributed by atoms with Gasteiger partial charge in [-0.05, 0) is 51.2 Å². The van der Waals surface area contributed by atoms with E-state index >= 15 is 0 Å². The first-order valence-electron chi connectivity index (χ1n) is 6.32. The Labute approximate surface area is 103 Å². The van der Waals surface area contributed by atoms with E-state index in [1.165, 1.54) is 0 Å². The van der Waals surface area contributed by atoms with Crippen LogP contribution in [0.1, 0.15) is 53.9 Å². The fourth-order valence-corrected chi connectivity index (χ4v) is 2.29. The molecule has 0 radical (unpaired) electrons. The molecule has 0 atom stereocenters. The highest BCUT2D eigenvalue weighted by Gasteiger charge is 2.36. The van der Waals surface area contributed by atoms with Crippen LogP contribution in [0.2, 0.25) is 18.1 Å². The fraction of sp³-hybridized carbons (Fsp3) is 1.00. The monoisotopic (exact) mass is 246 g/mol. The first kappa shape index (κ1) is 16.1. The summed E-state index contributed by atoms with van der Waals surface area (Å²) in [6.07, 6.45) is 2.95. The standard InChI is InChI=1S/C13H30O2Si/c1-12(2,3)16(6,7)15-11-9-8-10-13(4,5)14/h14H,8-11H2,1-7H3. The third-order valence-electron chi connectivity index (χ3n) is 3.45. The minimum atomic E-state index is -1.56. The molecule has 0 saturated heterocycles. The lowest BCUT2D eigenvalue weighted by Gasteiger charge is -2.36. The Bertz CT molecular complexity index is 199. The molecular formula is C13H30O2Si. The van der Waals surface area contributed by atoms with Gasteiger partial charge in [0.05, 0.1) is 5.60 Å². The van der Waals surface area contributed by atoms with E-state index in [4.69, 9.17) is 4.43 Å². The highest BCUT2D eigenvalue weighted by atomic mass is 28.4. The molecule has 0 bridgehead atoms. The quantitative estimate of drug-likeness (QED) is 0.568. The Morgan fingerprint density at radius 2 is 1.50 bits per heavy atom. The number of rotatable bonds is 6. The molecule has 0 unspecified atom stereocenters. The maximum absolute atomic E-state index is 9.57. The van der Waals surface area contributed by atoms with Crippen molar-refractivity contribution in [3.63, 3.8) is 0 Å². The summed E-state index contributed by atoms with van der Waals surface area (Å²) in [6, 6.07) is 0. The van der Waals surface area contributed by atoms with Crippen LogP contribution in [0.25, 0.3) is 0 Å². The minimum Gasteiger partial charge on any atom is -0.417 e.